The van der Waals surface area contributed by atoms with Crippen molar-refractivity contribution in [3.05, 3.63) is 34.6 Å². The zero-order valence-electron chi connectivity index (χ0n) is 10.0. The first kappa shape index (κ1) is 13.8. The lowest BCUT2D eigenvalue weighted by Gasteiger charge is -2.06. The molecule has 4 nitrogen and oxygen atoms in total. The zero-order chi connectivity index (χ0) is 14.0. The van der Waals surface area contributed by atoms with Gasteiger partial charge in [-0.3, -0.25) is 9.59 Å². The Bertz CT molecular complexity index is 500. The highest BCUT2D eigenvalue weighted by atomic mass is 35.5. The Morgan fingerprint density at radius 3 is 2.84 bits per heavy atom. The molecule has 1 amide bonds. The summed E-state index contributed by atoms with van der Waals surface area (Å²) >= 11 is 5.93. The zero-order valence-corrected chi connectivity index (χ0v) is 10.8. The number of carboxylic acids is 1. The summed E-state index contributed by atoms with van der Waals surface area (Å²) in [5.74, 6) is -2.14. The molecule has 2 N–H and O–H groups in total. The minimum Gasteiger partial charge on any atom is -0.481 e. The molecule has 1 aliphatic carbocycles. The van der Waals surface area contributed by atoms with Gasteiger partial charge in [-0.25, -0.2) is 4.39 Å². The second-order valence-corrected chi connectivity index (χ2v) is 4.93. The van der Waals surface area contributed by atoms with E-state index in [1.54, 1.807) is 6.07 Å². The topological polar surface area (TPSA) is 66.4 Å². The minimum atomic E-state index is -0.968. The number of carbonyl (C=O) groups is 2. The van der Waals surface area contributed by atoms with Crippen LogP contribution in [0.1, 0.15) is 24.3 Å². The fraction of sp³-hybridized carbons (Fsp3) is 0.385. The summed E-state index contributed by atoms with van der Waals surface area (Å²) in [6, 6.07) is 4.43. The summed E-state index contributed by atoms with van der Waals surface area (Å²) in [7, 11) is 0. The number of carbonyl (C=O) groups excluding carboxylic acids is 1. The third kappa shape index (κ3) is 3.23. The van der Waals surface area contributed by atoms with E-state index in [1.165, 1.54) is 12.1 Å². The SMILES string of the molecule is O=C(O)CCNC(=O)C1CC1c1c(F)cccc1Cl. The average Bonchev–Trinajstić information content (AvgIpc) is 3.08. The van der Waals surface area contributed by atoms with E-state index in [4.69, 9.17) is 16.7 Å². The van der Waals surface area contributed by atoms with Crippen LogP contribution in [0.15, 0.2) is 18.2 Å². The van der Waals surface area contributed by atoms with Crippen LogP contribution >= 0.6 is 11.6 Å². The molecule has 1 aromatic carbocycles. The molecule has 1 aliphatic rings. The Morgan fingerprint density at radius 1 is 1.47 bits per heavy atom. The van der Waals surface area contributed by atoms with Gasteiger partial charge in [0.2, 0.25) is 5.91 Å². The quantitative estimate of drug-likeness (QED) is 0.871. The number of carboxylic acid groups (broad SMARTS) is 1. The van der Waals surface area contributed by atoms with E-state index in [0.29, 0.717) is 17.0 Å². The van der Waals surface area contributed by atoms with Crippen molar-refractivity contribution in [2.45, 2.75) is 18.8 Å². The first-order valence-corrected chi connectivity index (χ1v) is 6.32. The van der Waals surface area contributed by atoms with Crippen molar-refractivity contribution in [3.63, 3.8) is 0 Å². The van der Waals surface area contributed by atoms with Crippen molar-refractivity contribution >= 4 is 23.5 Å². The number of hydrogen-bond donors (Lipinski definition) is 2. The van der Waals surface area contributed by atoms with Gasteiger partial charge in [0.1, 0.15) is 5.82 Å². The number of nitrogens with one attached hydrogen (secondary N) is 1. The summed E-state index contributed by atoms with van der Waals surface area (Å²) in [6.45, 7) is 0.0857. The highest BCUT2D eigenvalue weighted by Gasteiger charge is 2.46. The molecular formula is C13H13ClFNO3. The van der Waals surface area contributed by atoms with Crippen molar-refractivity contribution in [1.29, 1.82) is 0 Å². The van der Waals surface area contributed by atoms with Gasteiger partial charge in [0, 0.05) is 29.0 Å². The molecule has 2 unspecified atom stereocenters. The Morgan fingerprint density at radius 2 is 2.21 bits per heavy atom. The second kappa shape index (κ2) is 5.57. The fourth-order valence-corrected chi connectivity index (χ4v) is 2.40. The third-order valence-electron chi connectivity index (χ3n) is 3.14. The van der Waals surface area contributed by atoms with Crippen LogP contribution in [0.25, 0.3) is 0 Å². The molecule has 19 heavy (non-hydrogen) atoms. The van der Waals surface area contributed by atoms with E-state index in [2.05, 4.69) is 5.32 Å². The first-order chi connectivity index (χ1) is 9.00. The van der Waals surface area contributed by atoms with E-state index in [0.717, 1.165) is 0 Å². The monoisotopic (exact) mass is 285 g/mol. The van der Waals surface area contributed by atoms with Crippen LogP contribution in [0.2, 0.25) is 5.02 Å². The van der Waals surface area contributed by atoms with Gasteiger partial charge < -0.3 is 10.4 Å². The van der Waals surface area contributed by atoms with Gasteiger partial charge in [0.15, 0.2) is 0 Å². The molecule has 2 atom stereocenters. The summed E-state index contributed by atoms with van der Waals surface area (Å²) in [5.41, 5.74) is 0.377. The summed E-state index contributed by atoms with van der Waals surface area (Å²) in [5, 5.41) is 11.3. The van der Waals surface area contributed by atoms with Gasteiger partial charge in [-0.15, -0.1) is 0 Å². The lowest BCUT2D eigenvalue weighted by Crippen LogP contribution is -2.27. The molecule has 0 spiro atoms. The third-order valence-corrected chi connectivity index (χ3v) is 3.47. The highest BCUT2D eigenvalue weighted by Crippen LogP contribution is 2.50. The molecule has 1 aromatic rings. The van der Waals surface area contributed by atoms with Gasteiger partial charge in [-0.05, 0) is 18.6 Å². The van der Waals surface area contributed by atoms with Gasteiger partial charge in [-0.2, -0.15) is 0 Å². The van der Waals surface area contributed by atoms with E-state index in [9.17, 15) is 14.0 Å². The van der Waals surface area contributed by atoms with Gasteiger partial charge >= 0.3 is 5.97 Å². The molecule has 0 bridgehead atoms. The minimum absolute atomic E-state index is 0.0857. The predicted molar refractivity (Wildman–Crippen MR) is 67.5 cm³/mol. The van der Waals surface area contributed by atoms with Crippen molar-refractivity contribution < 1.29 is 19.1 Å². The maximum Gasteiger partial charge on any atom is 0.305 e. The Labute approximate surface area is 114 Å². The summed E-state index contributed by atoms with van der Waals surface area (Å²) < 4.78 is 13.6. The molecule has 0 heterocycles. The highest BCUT2D eigenvalue weighted by molar-refractivity contribution is 6.31. The number of benzene rings is 1. The molecule has 102 valence electrons. The van der Waals surface area contributed by atoms with Crippen LogP contribution in [0.5, 0.6) is 0 Å². The lowest BCUT2D eigenvalue weighted by molar-refractivity contribution is -0.136. The van der Waals surface area contributed by atoms with Crippen molar-refractivity contribution in [2.75, 3.05) is 6.54 Å². The summed E-state index contributed by atoms with van der Waals surface area (Å²) in [6.07, 6.45) is 0.420. The number of amides is 1. The maximum atomic E-state index is 13.6. The van der Waals surface area contributed by atoms with Crippen LogP contribution in [0.3, 0.4) is 0 Å². The average molecular weight is 286 g/mol. The van der Waals surface area contributed by atoms with Gasteiger partial charge in [0.05, 0.1) is 6.42 Å². The molecule has 0 saturated heterocycles. The van der Waals surface area contributed by atoms with E-state index >= 15 is 0 Å². The van der Waals surface area contributed by atoms with Crippen LogP contribution in [-0.4, -0.2) is 23.5 Å². The van der Waals surface area contributed by atoms with E-state index in [-0.39, 0.29) is 30.7 Å². The van der Waals surface area contributed by atoms with Gasteiger partial charge in [0.25, 0.3) is 0 Å². The van der Waals surface area contributed by atoms with E-state index in [1.807, 2.05) is 0 Å². The predicted octanol–water partition coefficient (Wildman–Crippen LogP) is 2.17. The standard InChI is InChI=1S/C13H13ClFNO3/c14-9-2-1-3-10(15)12(9)7-6-8(7)13(19)16-5-4-11(17)18/h1-3,7-8H,4-6H2,(H,16,19)(H,17,18). The molecule has 1 saturated carbocycles. The molecule has 6 heteroatoms. The van der Waals surface area contributed by atoms with Crippen LogP contribution in [-0.2, 0) is 9.59 Å². The summed E-state index contributed by atoms with van der Waals surface area (Å²) in [4.78, 5) is 22.0. The number of halogens is 2. The lowest BCUT2D eigenvalue weighted by atomic mass is 10.1. The first-order valence-electron chi connectivity index (χ1n) is 5.94. The Hall–Kier alpha value is -1.62. The van der Waals surface area contributed by atoms with Crippen LogP contribution in [0, 0.1) is 11.7 Å². The van der Waals surface area contributed by atoms with Crippen LogP contribution in [0.4, 0.5) is 4.39 Å². The fourth-order valence-electron chi connectivity index (χ4n) is 2.09. The Kier molecular flexibility index (Phi) is 4.04. The second-order valence-electron chi connectivity index (χ2n) is 4.52. The molecule has 0 aromatic heterocycles. The normalized spacial score (nSPS) is 20.9. The largest absolute Gasteiger partial charge is 0.481 e. The van der Waals surface area contributed by atoms with Crippen molar-refractivity contribution in [1.82, 2.24) is 5.32 Å². The van der Waals surface area contributed by atoms with Crippen molar-refractivity contribution in [3.8, 4) is 0 Å². The molecule has 1 fully saturated rings. The molecule has 0 aliphatic heterocycles. The number of rotatable bonds is 5. The van der Waals surface area contributed by atoms with Crippen LogP contribution < -0.4 is 5.32 Å². The molecule has 0 radical (unpaired) electrons. The van der Waals surface area contributed by atoms with Crippen molar-refractivity contribution in [2.24, 2.45) is 5.92 Å². The van der Waals surface area contributed by atoms with E-state index < -0.39 is 11.8 Å². The Balaban J connectivity index is 1.93. The number of aliphatic carboxylic acids is 1. The molecular weight excluding hydrogens is 273 g/mol. The van der Waals surface area contributed by atoms with Gasteiger partial charge in [-0.1, -0.05) is 17.7 Å². The molecule has 2 rings (SSSR count). The smallest absolute Gasteiger partial charge is 0.305 e. The maximum absolute atomic E-state index is 13.6. The number of hydrogen-bond acceptors (Lipinski definition) is 2.